The first-order valence-corrected chi connectivity index (χ1v) is 5.62. The summed E-state index contributed by atoms with van der Waals surface area (Å²) in [7, 11) is 0. The molecule has 1 aromatic rings. The smallest absolute Gasteiger partial charge is 0.329 e. The minimum absolute atomic E-state index is 0.263. The predicted octanol–water partition coefficient (Wildman–Crippen LogP) is 0.361. The van der Waals surface area contributed by atoms with Gasteiger partial charge >= 0.3 is 5.97 Å². The zero-order valence-corrected chi connectivity index (χ0v) is 10.2. The number of aryl methyl sites for hydroxylation is 1. The lowest BCUT2D eigenvalue weighted by Crippen LogP contribution is -2.28. The topological polar surface area (TPSA) is 88.5 Å². The number of aromatic nitrogens is 1. The largest absolute Gasteiger partial charge is 0.480 e. The molecular weight excluding hydrogens is 236 g/mol. The predicted molar refractivity (Wildman–Crippen MR) is 63.9 cm³/mol. The van der Waals surface area contributed by atoms with Gasteiger partial charge in [0.05, 0.1) is 12.2 Å². The van der Waals surface area contributed by atoms with Crippen LogP contribution in [0.3, 0.4) is 0 Å². The highest BCUT2D eigenvalue weighted by molar-refractivity contribution is 5.77. The molecule has 0 atom stereocenters. The van der Waals surface area contributed by atoms with Crippen LogP contribution in [0.1, 0.15) is 18.2 Å². The van der Waals surface area contributed by atoms with E-state index in [1.54, 1.807) is 6.20 Å². The first-order chi connectivity index (χ1) is 8.63. The number of amides is 1. The molecule has 0 saturated carbocycles. The SMILES string of the molecule is CCc1cccnc1CNC(=O)COCC(=O)O. The maximum absolute atomic E-state index is 11.3. The minimum Gasteiger partial charge on any atom is -0.480 e. The summed E-state index contributed by atoms with van der Waals surface area (Å²) in [5, 5.41) is 11.0. The van der Waals surface area contributed by atoms with Crippen molar-refractivity contribution >= 4 is 11.9 Å². The monoisotopic (exact) mass is 252 g/mol. The average molecular weight is 252 g/mol. The van der Waals surface area contributed by atoms with Gasteiger partial charge in [0.1, 0.15) is 13.2 Å². The summed E-state index contributed by atoms with van der Waals surface area (Å²) in [5.74, 6) is -1.45. The number of nitrogens with one attached hydrogen (secondary N) is 1. The molecule has 0 aliphatic heterocycles. The van der Waals surface area contributed by atoms with E-state index < -0.39 is 12.6 Å². The van der Waals surface area contributed by atoms with Crippen molar-refractivity contribution in [1.29, 1.82) is 0 Å². The third kappa shape index (κ3) is 4.92. The first kappa shape index (κ1) is 14.1. The number of ether oxygens (including phenoxy) is 1. The van der Waals surface area contributed by atoms with Crippen molar-refractivity contribution in [2.75, 3.05) is 13.2 Å². The molecule has 1 rings (SSSR count). The number of hydrogen-bond acceptors (Lipinski definition) is 4. The van der Waals surface area contributed by atoms with Crippen LogP contribution in [0.25, 0.3) is 0 Å². The van der Waals surface area contributed by atoms with E-state index in [2.05, 4.69) is 15.0 Å². The Morgan fingerprint density at radius 2 is 2.22 bits per heavy atom. The van der Waals surface area contributed by atoms with E-state index in [1.807, 2.05) is 19.1 Å². The van der Waals surface area contributed by atoms with Crippen LogP contribution in [0.4, 0.5) is 0 Å². The van der Waals surface area contributed by atoms with Gasteiger partial charge in [-0.2, -0.15) is 0 Å². The number of carboxylic acid groups (broad SMARTS) is 1. The number of carbonyl (C=O) groups is 2. The van der Waals surface area contributed by atoms with Crippen LogP contribution in [-0.4, -0.2) is 35.2 Å². The zero-order chi connectivity index (χ0) is 13.4. The lowest BCUT2D eigenvalue weighted by atomic mass is 10.1. The van der Waals surface area contributed by atoms with Gasteiger partial charge in [0.15, 0.2) is 0 Å². The molecule has 1 amide bonds. The molecule has 0 spiro atoms. The second kappa shape index (κ2) is 7.39. The Bertz CT molecular complexity index is 420. The highest BCUT2D eigenvalue weighted by atomic mass is 16.5. The number of hydrogen-bond donors (Lipinski definition) is 2. The highest BCUT2D eigenvalue weighted by Gasteiger charge is 2.06. The molecular formula is C12H16N2O4. The fourth-order valence-corrected chi connectivity index (χ4v) is 1.42. The number of nitrogens with zero attached hydrogens (tertiary/aromatic N) is 1. The average Bonchev–Trinajstić information content (AvgIpc) is 2.36. The van der Waals surface area contributed by atoms with E-state index in [0.29, 0.717) is 6.54 Å². The van der Waals surface area contributed by atoms with Gasteiger partial charge < -0.3 is 15.2 Å². The lowest BCUT2D eigenvalue weighted by molar-refractivity contribution is -0.143. The van der Waals surface area contributed by atoms with Crippen molar-refractivity contribution in [2.24, 2.45) is 0 Å². The van der Waals surface area contributed by atoms with E-state index in [0.717, 1.165) is 17.7 Å². The lowest BCUT2D eigenvalue weighted by Gasteiger charge is -2.08. The number of pyridine rings is 1. The summed E-state index contributed by atoms with van der Waals surface area (Å²) >= 11 is 0. The quantitative estimate of drug-likeness (QED) is 0.731. The van der Waals surface area contributed by atoms with Crippen molar-refractivity contribution in [3.63, 3.8) is 0 Å². The molecule has 18 heavy (non-hydrogen) atoms. The van der Waals surface area contributed by atoms with Crippen molar-refractivity contribution in [2.45, 2.75) is 19.9 Å². The van der Waals surface area contributed by atoms with Crippen LogP contribution in [0.15, 0.2) is 18.3 Å². The number of carboxylic acids is 1. The molecule has 0 aliphatic carbocycles. The molecule has 0 bridgehead atoms. The molecule has 6 nitrogen and oxygen atoms in total. The van der Waals surface area contributed by atoms with Gasteiger partial charge in [0, 0.05) is 6.20 Å². The Morgan fingerprint density at radius 1 is 1.44 bits per heavy atom. The van der Waals surface area contributed by atoms with E-state index in [1.165, 1.54) is 0 Å². The van der Waals surface area contributed by atoms with Crippen LogP contribution in [-0.2, 0) is 27.3 Å². The molecule has 2 N–H and O–H groups in total. The van der Waals surface area contributed by atoms with Gasteiger partial charge in [0.2, 0.25) is 5.91 Å². The van der Waals surface area contributed by atoms with Crippen LogP contribution >= 0.6 is 0 Å². The third-order valence-corrected chi connectivity index (χ3v) is 2.28. The van der Waals surface area contributed by atoms with Crippen molar-refractivity contribution in [1.82, 2.24) is 10.3 Å². The van der Waals surface area contributed by atoms with E-state index in [4.69, 9.17) is 5.11 Å². The summed E-state index contributed by atoms with van der Waals surface area (Å²) in [6.45, 7) is 1.59. The van der Waals surface area contributed by atoms with Crippen molar-refractivity contribution in [3.05, 3.63) is 29.6 Å². The van der Waals surface area contributed by atoms with Crippen molar-refractivity contribution in [3.8, 4) is 0 Å². The Labute approximate surface area is 105 Å². The standard InChI is InChI=1S/C12H16N2O4/c1-2-9-4-3-5-13-10(9)6-14-11(15)7-18-8-12(16)17/h3-5H,2,6-8H2,1H3,(H,14,15)(H,16,17). The first-order valence-electron chi connectivity index (χ1n) is 5.62. The van der Waals surface area contributed by atoms with E-state index in [-0.39, 0.29) is 12.5 Å². The van der Waals surface area contributed by atoms with Crippen LogP contribution in [0.5, 0.6) is 0 Å². The Hall–Kier alpha value is -1.95. The molecule has 0 aliphatic rings. The van der Waals surface area contributed by atoms with E-state index >= 15 is 0 Å². The molecule has 0 unspecified atom stereocenters. The third-order valence-electron chi connectivity index (χ3n) is 2.28. The van der Waals surface area contributed by atoms with Gasteiger partial charge in [-0.25, -0.2) is 4.79 Å². The minimum atomic E-state index is -1.10. The molecule has 6 heteroatoms. The summed E-state index contributed by atoms with van der Waals surface area (Å²) < 4.78 is 4.67. The second-order valence-electron chi connectivity index (χ2n) is 3.63. The fraction of sp³-hybridized carbons (Fsp3) is 0.417. The number of carbonyl (C=O) groups excluding carboxylic acids is 1. The summed E-state index contributed by atoms with van der Waals surface area (Å²) in [6, 6.07) is 3.80. The van der Waals surface area contributed by atoms with Crippen LogP contribution < -0.4 is 5.32 Å². The maximum atomic E-state index is 11.3. The molecule has 0 aromatic carbocycles. The summed E-state index contributed by atoms with van der Waals surface area (Å²) in [6.07, 6.45) is 2.51. The zero-order valence-electron chi connectivity index (χ0n) is 10.2. The van der Waals surface area contributed by atoms with E-state index in [9.17, 15) is 9.59 Å². The van der Waals surface area contributed by atoms with Crippen molar-refractivity contribution < 1.29 is 19.4 Å². The fourth-order valence-electron chi connectivity index (χ4n) is 1.42. The van der Waals surface area contributed by atoms with Gasteiger partial charge in [-0.1, -0.05) is 13.0 Å². The normalized spacial score (nSPS) is 10.1. The van der Waals surface area contributed by atoms with Gasteiger partial charge in [-0.05, 0) is 18.1 Å². The Balaban J connectivity index is 2.35. The molecule has 0 saturated heterocycles. The molecule has 98 valence electrons. The maximum Gasteiger partial charge on any atom is 0.329 e. The van der Waals surface area contributed by atoms with Gasteiger partial charge in [-0.3, -0.25) is 9.78 Å². The molecule has 1 aromatic heterocycles. The van der Waals surface area contributed by atoms with Crippen LogP contribution in [0, 0.1) is 0 Å². The van der Waals surface area contributed by atoms with Gasteiger partial charge in [0.25, 0.3) is 0 Å². The highest BCUT2D eigenvalue weighted by Crippen LogP contribution is 2.05. The molecule has 1 heterocycles. The molecule has 0 fully saturated rings. The van der Waals surface area contributed by atoms with Crippen LogP contribution in [0.2, 0.25) is 0 Å². The number of aliphatic carboxylic acids is 1. The Morgan fingerprint density at radius 3 is 2.89 bits per heavy atom. The number of rotatable bonds is 7. The van der Waals surface area contributed by atoms with Gasteiger partial charge in [-0.15, -0.1) is 0 Å². The second-order valence-corrected chi connectivity index (χ2v) is 3.63. The summed E-state index contributed by atoms with van der Waals surface area (Å²) in [4.78, 5) is 25.7. The molecule has 0 radical (unpaired) electrons. The summed E-state index contributed by atoms with van der Waals surface area (Å²) in [5.41, 5.74) is 1.89. The Kier molecular flexibility index (Phi) is 5.79.